The fraction of sp³-hybridized carbons (Fsp3) is 0.489. The maximum absolute atomic E-state index is 13.5. The highest BCUT2D eigenvalue weighted by Crippen LogP contribution is 2.36. The third kappa shape index (κ3) is 8.68. The number of piperazine rings is 1. The normalized spacial score (nSPS) is 22.2. The van der Waals surface area contributed by atoms with Crippen LogP contribution in [-0.4, -0.2) is 133 Å². The number of carbonyl (C=O) groups excluding carboxylic acids is 5. The van der Waals surface area contributed by atoms with E-state index in [4.69, 9.17) is 5.26 Å². The molecule has 6 aliphatic heterocycles. The summed E-state index contributed by atoms with van der Waals surface area (Å²) in [5.74, 6) is -1.37. The number of fused-ring (bicyclic) bond motifs is 1. The van der Waals surface area contributed by atoms with Gasteiger partial charge in [-0.1, -0.05) is 0 Å². The van der Waals surface area contributed by atoms with Crippen LogP contribution < -0.4 is 25.3 Å². The number of amides is 5. The number of aromatic nitrogens is 1. The lowest BCUT2D eigenvalue weighted by Gasteiger charge is -2.49. The van der Waals surface area contributed by atoms with E-state index in [1.54, 1.807) is 24.4 Å². The van der Waals surface area contributed by atoms with E-state index in [2.05, 4.69) is 35.2 Å². The van der Waals surface area contributed by atoms with Crippen molar-refractivity contribution in [2.75, 3.05) is 92.0 Å². The second kappa shape index (κ2) is 17.2. The minimum absolute atomic E-state index is 0.0847. The van der Waals surface area contributed by atoms with Gasteiger partial charge in [-0.2, -0.15) is 18.4 Å². The lowest BCUT2D eigenvalue weighted by molar-refractivity contribution is -0.138. The third-order valence-electron chi connectivity index (χ3n) is 13.7. The first-order valence-electron chi connectivity index (χ1n) is 21.8. The zero-order valence-electron chi connectivity index (χ0n) is 34.8. The number of benzene rings is 2. The number of nitriles is 1. The number of rotatable bonds is 9. The number of carbonyl (C=O) groups is 5. The lowest BCUT2D eigenvalue weighted by Crippen LogP contribution is -2.63. The van der Waals surface area contributed by atoms with Gasteiger partial charge in [0.2, 0.25) is 17.7 Å². The summed E-state index contributed by atoms with van der Waals surface area (Å²) in [5.41, 5.74) is 1.51. The van der Waals surface area contributed by atoms with E-state index in [1.165, 1.54) is 12.1 Å². The molecule has 5 fully saturated rings. The monoisotopic (exact) mass is 866 g/mol. The molecule has 1 unspecified atom stereocenters. The van der Waals surface area contributed by atoms with Crippen molar-refractivity contribution in [2.24, 2.45) is 11.8 Å². The molecule has 15 nitrogen and oxygen atoms in total. The molecule has 18 heteroatoms. The van der Waals surface area contributed by atoms with Gasteiger partial charge in [0.05, 0.1) is 40.2 Å². The maximum Gasteiger partial charge on any atom is 0.417 e. The minimum Gasteiger partial charge on any atom is -0.371 e. The third-order valence-corrected chi connectivity index (χ3v) is 13.7. The van der Waals surface area contributed by atoms with Crippen molar-refractivity contribution in [3.05, 3.63) is 77.0 Å². The fourth-order valence-corrected chi connectivity index (χ4v) is 9.94. The molecule has 7 heterocycles. The quantitative estimate of drug-likeness (QED) is 0.298. The molecule has 63 heavy (non-hydrogen) atoms. The molecule has 0 aliphatic carbocycles. The summed E-state index contributed by atoms with van der Waals surface area (Å²) in [5, 5.41) is 14.3. The van der Waals surface area contributed by atoms with Gasteiger partial charge >= 0.3 is 6.18 Å². The molecule has 6 aliphatic rings. The zero-order valence-corrected chi connectivity index (χ0v) is 34.8. The summed E-state index contributed by atoms with van der Waals surface area (Å²) < 4.78 is 40.5. The number of nitrogens with zero attached hydrogens (tertiary/aromatic N) is 8. The number of alkyl halides is 3. The van der Waals surface area contributed by atoms with Crippen molar-refractivity contribution in [3.63, 3.8) is 0 Å². The standard InChI is InChI=1S/C45H49F3N10O5/c46-45(47,48)37-22-32(2-1-30(37)23-49)54-15-11-29(12-16-54)41(60)51-39-7-4-33(24-50-39)55-13-9-28(10-14-55)25-53-17-19-56(20-18-53)34-26-57(27-34)31-3-5-35-36(21-31)44(63)58(43(35)62)38-6-8-40(59)52-42(38)61/h1-5,7,21-22,24,28-29,34,38H,6,8-20,25-27H2,(H,50,51,60)(H,52,59,61). The van der Waals surface area contributed by atoms with Gasteiger partial charge < -0.3 is 24.9 Å². The van der Waals surface area contributed by atoms with Crippen LogP contribution in [0.3, 0.4) is 0 Å². The average Bonchev–Trinajstić information content (AvgIpc) is 3.51. The van der Waals surface area contributed by atoms with E-state index in [1.807, 2.05) is 23.1 Å². The molecule has 1 atom stereocenters. The van der Waals surface area contributed by atoms with Crippen LogP contribution in [0.4, 0.5) is 36.1 Å². The Morgan fingerprint density at radius 3 is 2.10 bits per heavy atom. The summed E-state index contributed by atoms with van der Waals surface area (Å²) in [6, 6.07) is 13.9. The summed E-state index contributed by atoms with van der Waals surface area (Å²) >= 11 is 0. The Hall–Kier alpha value is -6.06. The number of halogens is 3. The Balaban J connectivity index is 0.676. The van der Waals surface area contributed by atoms with Crippen molar-refractivity contribution >= 4 is 52.4 Å². The van der Waals surface area contributed by atoms with Gasteiger partial charge in [-0.25, -0.2) is 4.98 Å². The first-order valence-corrected chi connectivity index (χ1v) is 21.8. The number of anilines is 4. The van der Waals surface area contributed by atoms with E-state index in [0.717, 1.165) is 94.1 Å². The molecule has 330 valence electrons. The van der Waals surface area contributed by atoms with Crippen LogP contribution in [0, 0.1) is 23.2 Å². The average molecular weight is 867 g/mol. The molecular formula is C45H49F3N10O5. The van der Waals surface area contributed by atoms with Crippen LogP contribution in [0.15, 0.2) is 54.7 Å². The molecule has 0 radical (unpaired) electrons. The maximum atomic E-state index is 13.5. The van der Waals surface area contributed by atoms with Crippen molar-refractivity contribution in [3.8, 4) is 6.07 Å². The van der Waals surface area contributed by atoms with Gasteiger partial charge in [0.1, 0.15) is 11.9 Å². The number of nitrogens with one attached hydrogen (secondary N) is 2. The SMILES string of the molecule is N#Cc1ccc(N2CCC(C(=O)Nc3ccc(N4CCC(CN5CCN(C6CN(c7ccc8c(c7)C(=O)N(C7CCC(=O)NC7=O)C8=O)C6)CC5)CC4)cn3)CC2)cc1C(F)(F)F. The van der Waals surface area contributed by atoms with E-state index < -0.39 is 47.0 Å². The second-order valence-corrected chi connectivity index (χ2v) is 17.5. The van der Waals surface area contributed by atoms with Gasteiger partial charge in [0.15, 0.2) is 0 Å². The number of hydrogen-bond acceptors (Lipinski definition) is 12. The van der Waals surface area contributed by atoms with Crippen LogP contribution in [0.25, 0.3) is 0 Å². The van der Waals surface area contributed by atoms with Gasteiger partial charge in [0.25, 0.3) is 11.8 Å². The fourth-order valence-electron chi connectivity index (χ4n) is 9.94. The molecule has 0 spiro atoms. The van der Waals surface area contributed by atoms with E-state index in [0.29, 0.717) is 55.0 Å². The Kier molecular flexibility index (Phi) is 11.6. The predicted molar refractivity (Wildman–Crippen MR) is 226 cm³/mol. The smallest absolute Gasteiger partial charge is 0.371 e. The van der Waals surface area contributed by atoms with Gasteiger partial charge in [-0.15, -0.1) is 0 Å². The Morgan fingerprint density at radius 1 is 0.778 bits per heavy atom. The number of hydrogen-bond donors (Lipinski definition) is 2. The highest BCUT2D eigenvalue weighted by Gasteiger charge is 2.45. The highest BCUT2D eigenvalue weighted by molar-refractivity contribution is 6.23. The molecule has 5 amide bonds. The summed E-state index contributed by atoms with van der Waals surface area (Å²) in [6.07, 6.45) is 0.515. The molecule has 2 aromatic carbocycles. The summed E-state index contributed by atoms with van der Waals surface area (Å²) in [6.45, 7) is 9.45. The van der Waals surface area contributed by atoms with Gasteiger partial charge in [-0.05, 0) is 86.6 Å². The van der Waals surface area contributed by atoms with Gasteiger partial charge in [-0.3, -0.25) is 39.1 Å². The van der Waals surface area contributed by atoms with E-state index in [9.17, 15) is 37.1 Å². The van der Waals surface area contributed by atoms with Crippen LogP contribution in [0.5, 0.6) is 0 Å². The topological polar surface area (TPSA) is 166 Å². The van der Waals surface area contributed by atoms with Crippen molar-refractivity contribution in [1.29, 1.82) is 5.26 Å². The Morgan fingerprint density at radius 2 is 1.43 bits per heavy atom. The number of pyridine rings is 1. The van der Waals surface area contributed by atoms with E-state index in [-0.39, 0.29) is 30.2 Å². The molecule has 9 rings (SSSR count). The molecule has 1 aromatic heterocycles. The van der Waals surface area contributed by atoms with Gasteiger partial charge in [0, 0.05) is 102 Å². The summed E-state index contributed by atoms with van der Waals surface area (Å²) in [4.78, 5) is 80.6. The zero-order chi connectivity index (χ0) is 44.0. The predicted octanol–water partition coefficient (Wildman–Crippen LogP) is 3.95. The lowest BCUT2D eigenvalue weighted by atomic mass is 9.95. The first kappa shape index (κ1) is 42.3. The highest BCUT2D eigenvalue weighted by atomic mass is 19.4. The largest absolute Gasteiger partial charge is 0.417 e. The van der Waals surface area contributed by atoms with Crippen LogP contribution in [0.1, 0.15) is 70.4 Å². The molecular weight excluding hydrogens is 818 g/mol. The first-order chi connectivity index (χ1) is 30.3. The molecule has 3 aromatic rings. The van der Waals surface area contributed by atoms with Crippen molar-refractivity contribution in [2.45, 2.75) is 56.8 Å². The molecule has 2 N–H and O–H groups in total. The van der Waals surface area contributed by atoms with Crippen LogP contribution in [-0.2, 0) is 20.6 Å². The molecule has 0 bridgehead atoms. The second-order valence-electron chi connectivity index (χ2n) is 17.5. The van der Waals surface area contributed by atoms with Crippen molar-refractivity contribution < 1.29 is 37.1 Å². The number of imide groups is 2. The van der Waals surface area contributed by atoms with Crippen molar-refractivity contribution in [1.82, 2.24) is 25.0 Å². The minimum atomic E-state index is -4.62. The Labute approximate surface area is 362 Å². The number of piperidine rings is 3. The Bertz CT molecular complexity index is 2320. The van der Waals surface area contributed by atoms with Crippen LogP contribution in [0.2, 0.25) is 0 Å². The molecule has 5 saturated heterocycles. The van der Waals surface area contributed by atoms with Crippen LogP contribution >= 0.6 is 0 Å². The molecule has 0 saturated carbocycles. The summed E-state index contributed by atoms with van der Waals surface area (Å²) in [7, 11) is 0. The van der Waals surface area contributed by atoms with E-state index >= 15 is 0 Å².